The van der Waals surface area contributed by atoms with Gasteiger partial charge in [0.2, 0.25) is 0 Å². The number of hydrogen-bond donors (Lipinski definition) is 2. The van der Waals surface area contributed by atoms with Gasteiger partial charge in [0.25, 0.3) is 0 Å². The van der Waals surface area contributed by atoms with Gasteiger partial charge in [0, 0.05) is 12.0 Å². The van der Waals surface area contributed by atoms with E-state index >= 15 is 0 Å². The highest BCUT2D eigenvalue weighted by Crippen LogP contribution is 2.44. The van der Waals surface area contributed by atoms with Crippen LogP contribution in [0.4, 0.5) is 4.79 Å². The van der Waals surface area contributed by atoms with Gasteiger partial charge in [0.15, 0.2) is 0 Å². The molecule has 1 saturated carbocycles. The van der Waals surface area contributed by atoms with Crippen LogP contribution in [0.15, 0.2) is 48.5 Å². The monoisotopic (exact) mass is 421 g/mol. The highest BCUT2D eigenvalue weighted by Gasteiger charge is 2.29. The lowest BCUT2D eigenvalue weighted by Crippen LogP contribution is -2.37. The number of carboxylic acids is 1. The summed E-state index contributed by atoms with van der Waals surface area (Å²) >= 11 is 0. The highest BCUT2D eigenvalue weighted by atomic mass is 16.5. The topological polar surface area (TPSA) is 75.6 Å². The minimum Gasteiger partial charge on any atom is -0.481 e. The lowest BCUT2D eigenvalue weighted by Gasteiger charge is -2.24. The number of fused-ring (bicyclic) bond motifs is 3. The zero-order chi connectivity index (χ0) is 21.6. The molecule has 2 aromatic rings. The van der Waals surface area contributed by atoms with Crippen molar-refractivity contribution in [2.75, 3.05) is 6.61 Å². The maximum Gasteiger partial charge on any atom is 0.407 e. The Balaban J connectivity index is 1.35. The zero-order valence-corrected chi connectivity index (χ0v) is 17.9. The molecule has 2 aliphatic carbocycles. The standard InChI is InChI=1S/C26H31NO4/c28-25(29)16-19(15-14-18-8-2-1-3-9-18)27-26(30)31-17-24-22-12-6-4-10-20(22)21-11-5-7-13-23(21)24/h4-7,10-13,18-19,24H,1-3,8-9,14-17H2,(H,27,30)(H,28,29)/t19-/m1/s1. The van der Waals surface area contributed by atoms with E-state index in [4.69, 9.17) is 4.74 Å². The molecule has 164 valence electrons. The summed E-state index contributed by atoms with van der Waals surface area (Å²) in [6, 6.07) is 16.0. The van der Waals surface area contributed by atoms with Gasteiger partial charge in [-0.05, 0) is 41.0 Å². The van der Waals surface area contributed by atoms with Crippen molar-refractivity contribution in [1.82, 2.24) is 5.32 Å². The van der Waals surface area contributed by atoms with Crippen molar-refractivity contribution in [3.63, 3.8) is 0 Å². The van der Waals surface area contributed by atoms with Gasteiger partial charge in [0.05, 0.1) is 6.42 Å². The van der Waals surface area contributed by atoms with Crippen molar-refractivity contribution in [2.24, 2.45) is 5.92 Å². The quantitative estimate of drug-likeness (QED) is 0.571. The van der Waals surface area contributed by atoms with Crippen LogP contribution in [0.3, 0.4) is 0 Å². The minimum absolute atomic E-state index is 0.00156. The van der Waals surface area contributed by atoms with E-state index in [0.717, 1.165) is 17.5 Å². The summed E-state index contributed by atoms with van der Waals surface area (Å²) in [5.74, 6) is -0.250. The summed E-state index contributed by atoms with van der Waals surface area (Å²) in [7, 11) is 0. The Labute approximate surface area is 183 Å². The van der Waals surface area contributed by atoms with Gasteiger partial charge in [0.1, 0.15) is 6.61 Å². The van der Waals surface area contributed by atoms with Crippen LogP contribution >= 0.6 is 0 Å². The van der Waals surface area contributed by atoms with Crippen molar-refractivity contribution in [1.29, 1.82) is 0 Å². The van der Waals surface area contributed by atoms with E-state index in [0.29, 0.717) is 12.3 Å². The molecule has 2 aliphatic rings. The van der Waals surface area contributed by atoms with Gasteiger partial charge < -0.3 is 15.2 Å². The molecule has 1 fully saturated rings. The fraction of sp³-hybridized carbons (Fsp3) is 0.462. The number of carboxylic acid groups (broad SMARTS) is 1. The molecule has 0 radical (unpaired) electrons. The first-order chi connectivity index (χ1) is 15.1. The number of hydrogen-bond acceptors (Lipinski definition) is 3. The minimum atomic E-state index is -0.896. The second kappa shape index (κ2) is 9.99. The summed E-state index contributed by atoms with van der Waals surface area (Å²) in [6.45, 7) is 0.238. The van der Waals surface area contributed by atoms with Crippen LogP contribution in [0, 0.1) is 5.92 Å². The molecule has 2 aromatic carbocycles. The summed E-state index contributed by atoms with van der Waals surface area (Å²) in [4.78, 5) is 23.8. The molecule has 5 heteroatoms. The Kier molecular flexibility index (Phi) is 6.90. The van der Waals surface area contributed by atoms with Crippen molar-refractivity contribution < 1.29 is 19.4 Å². The predicted molar refractivity (Wildman–Crippen MR) is 120 cm³/mol. The summed E-state index contributed by atoms with van der Waals surface area (Å²) in [5.41, 5.74) is 4.69. The van der Waals surface area contributed by atoms with Gasteiger partial charge in [-0.25, -0.2) is 4.79 Å². The average Bonchev–Trinajstić information content (AvgIpc) is 3.10. The van der Waals surface area contributed by atoms with Gasteiger partial charge in [-0.1, -0.05) is 80.6 Å². The zero-order valence-electron chi connectivity index (χ0n) is 17.9. The molecule has 0 unspecified atom stereocenters. The summed E-state index contributed by atoms with van der Waals surface area (Å²) in [6.07, 6.45) is 7.28. The van der Waals surface area contributed by atoms with Crippen molar-refractivity contribution >= 4 is 12.1 Å². The Bertz CT molecular complexity index is 874. The van der Waals surface area contributed by atoms with E-state index in [1.165, 1.54) is 43.2 Å². The van der Waals surface area contributed by atoms with Gasteiger partial charge in [-0.2, -0.15) is 0 Å². The molecule has 0 aliphatic heterocycles. The number of carbonyl (C=O) groups is 2. The molecule has 0 aromatic heterocycles. The molecule has 31 heavy (non-hydrogen) atoms. The molecule has 5 nitrogen and oxygen atoms in total. The molecule has 0 saturated heterocycles. The fourth-order valence-corrected chi connectivity index (χ4v) is 5.16. The maximum atomic E-state index is 12.5. The van der Waals surface area contributed by atoms with E-state index < -0.39 is 18.1 Å². The van der Waals surface area contributed by atoms with Crippen LogP contribution in [-0.4, -0.2) is 29.8 Å². The lowest BCUT2D eigenvalue weighted by atomic mass is 9.85. The third-order valence-electron chi connectivity index (χ3n) is 6.73. The van der Waals surface area contributed by atoms with Crippen LogP contribution in [0.25, 0.3) is 11.1 Å². The molecule has 4 rings (SSSR count). The van der Waals surface area contributed by atoms with Crippen LogP contribution < -0.4 is 5.32 Å². The Morgan fingerprint density at radius 2 is 1.58 bits per heavy atom. The number of ether oxygens (including phenoxy) is 1. The van der Waals surface area contributed by atoms with Gasteiger partial charge in [-0.15, -0.1) is 0 Å². The summed E-state index contributed by atoms with van der Waals surface area (Å²) < 4.78 is 5.60. The summed E-state index contributed by atoms with van der Waals surface area (Å²) in [5, 5.41) is 12.1. The van der Waals surface area contributed by atoms with Crippen LogP contribution in [0.2, 0.25) is 0 Å². The van der Waals surface area contributed by atoms with Crippen molar-refractivity contribution in [3.8, 4) is 11.1 Å². The number of rotatable bonds is 8. The largest absolute Gasteiger partial charge is 0.481 e. The molecule has 0 spiro atoms. The number of alkyl carbamates (subject to hydrolysis) is 1. The normalized spacial score (nSPS) is 16.9. The van der Waals surface area contributed by atoms with E-state index in [1.807, 2.05) is 24.3 Å². The van der Waals surface area contributed by atoms with Gasteiger partial charge in [-0.3, -0.25) is 4.79 Å². The Morgan fingerprint density at radius 1 is 0.968 bits per heavy atom. The number of benzene rings is 2. The lowest BCUT2D eigenvalue weighted by molar-refractivity contribution is -0.137. The fourth-order valence-electron chi connectivity index (χ4n) is 5.16. The molecule has 0 heterocycles. The molecular formula is C26H31NO4. The molecule has 1 amide bonds. The second-order valence-electron chi connectivity index (χ2n) is 8.85. The van der Waals surface area contributed by atoms with E-state index in [1.54, 1.807) is 0 Å². The van der Waals surface area contributed by atoms with Crippen LogP contribution in [-0.2, 0) is 9.53 Å². The molecular weight excluding hydrogens is 390 g/mol. The second-order valence-corrected chi connectivity index (χ2v) is 8.85. The molecule has 1 atom stereocenters. The van der Waals surface area contributed by atoms with E-state index in [-0.39, 0.29) is 18.9 Å². The Morgan fingerprint density at radius 3 is 2.19 bits per heavy atom. The smallest absolute Gasteiger partial charge is 0.407 e. The first-order valence-electron chi connectivity index (χ1n) is 11.4. The van der Waals surface area contributed by atoms with E-state index in [9.17, 15) is 14.7 Å². The molecule has 0 bridgehead atoms. The SMILES string of the molecule is O=C(O)C[C@@H](CCC1CCCCC1)NC(=O)OCC1c2ccccc2-c2ccccc21. The average molecular weight is 422 g/mol. The number of aliphatic carboxylic acids is 1. The number of carbonyl (C=O) groups excluding carboxylic acids is 1. The first kappa shape index (κ1) is 21.4. The first-order valence-corrected chi connectivity index (χ1v) is 11.4. The number of amides is 1. The van der Waals surface area contributed by atoms with Crippen LogP contribution in [0.5, 0.6) is 0 Å². The number of nitrogens with one attached hydrogen (secondary N) is 1. The van der Waals surface area contributed by atoms with Crippen LogP contribution in [0.1, 0.15) is 68.4 Å². The molecule has 2 N–H and O–H groups in total. The maximum absolute atomic E-state index is 12.5. The highest BCUT2D eigenvalue weighted by molar-refractivity contribution is 5.79. The third-order valence-corrected chi connectivity index (χ3v) is 6.73. The Hall–Kier alpha value is -2.82. The van der Waals surface area contributed by atoms with Gasteiger partial charge >= 0.3 is 12.1 Å². The third kappa shape index (κ3) is 5.27. The van der Waals surface area contributed by atoms with Crippen molar-refractivity contribution in [3.05, 3.63) is 59.7 Å². The predicted octanol–water partition coefficient (Wildman–Crippen LogP) is 5.73. The van der Waals surface area contributed by atoms with Crippen molar-refractivity contribution in [2.45, 2.75) is 63.3 Å². The van der Waals surface area contributed by atoms with E-state index in [2.05, 4.69) is 29.6 Å².